The van der Waals surface area contributed by atoms with Crippen LogP contribution >= 0.6 is 0 Å². The number of anilines is 1. The van der Waals surface area contributed by atoms with Crippen LogP contribution in [-0.4, -0.2) is 32.5 Å². The second kappa shape index (κ2) is 9.04. The molecule has 1 aromatic heterocycles. The van der Waals surface area contributed by atoms with E-state index in [1.807, 2.05) is 60.7 Å². The van der Waals surface area contributed by atoms with Gasteiger partial charge in [-0.15, -0.1) is 0 Å². The van der Waals surface area contributed by atoms with Gasteiger partial charge in [-0.25, -0.2) is 4.79 Å². The van der Waals surface area contributed by atoms with Crippen molar-refractivity contribution in [3.05, 3.63) is 83.9 Å². The number of benzene rings is 3. The fraction of sp³-hybridized carbons (Fsp3) is 0.0833. The summed E-state index contributed by atoms with van der Waals surface area (Å²) >= 11 is 0. The van der Waals surface area contributed by atoms with Crippen LogP contribution in [0.2, 0.25) is 0 Å². The van der Waals surface area contributed by atoms with Gasteiger partial charge in [-0.3, -0.25) is 10.1 Å². The maximum Gasteiger partial charge on any atom is 0.409 e. The number of fused-ring (bicyclic) bond motifs is 1. The predicted molar refractivity (Wildman–Crippen MR) is 120 cm³/mol. The van der Waals surface area contributed by atoms with Crippen LogP contribution in [0.5, 0.6) is 0 Å². The van der Waals surface area contributed by atoms with E-state index in [4.69, 9.17) is 0 Å². The van der Waals surface area contributed by atoms with E-state index < -0.39 is 6.09 Å². The van der Waals surface area contributed by atoms with Crippen molar-refractivity contribution in [2.45, 2.75) is 13.0 Å². The molecule has 0 aliphatic heterocycles. The summed E-state index contributed by atoms with van der Waals surface area (Å²) < 4.78 is 0. The van der Waals surface area contributed by atoms with Crippen LogP contribution < -0.4 is 5.32 Å². The van der Waals surface area contributed by atoms with Gasteiger partial charge in [0.2, 0.25) is 0 Å². The molecule has 0 spiro atoms. The van der Waals surface area contributed by atoms with Crippen molar-refractivity contribution in [2.75, 3.05) is 5.32 Å². The van der Waals surface area contributed by atoms with Crippen molar-refractivity contribution in [1.82, 2.24) is 15.0 Å². The molecule has 0 unspecified atom stereocenters. The summed E-state index contributed by atoms with van der Waals surface area (Å²) in [6, 6.07) is 20.5. The Hall–Kier alpha value is -4.26. The Morgan fingerprint density at radius 2 is 1.74 bits per heavy atom. The summed E-state index contributed by atoms with van der Waals surface area (Å²) in [5.41, 5.74) is 5.19. The van der Waals surface area contributed by atoms with Gasteiger partial charge in [-0.1, -0.05) is 54.6 Å². The third-order valence-electron chi connectivity index (χ3n) is 4.76. The SMILES string of the molecule is O=Cc1ccc2nn(CCC=Cc3ccc(-c4ccccc4)c(NC(=O)O)c3)nc2c1. The molecule has 0 atom stereocenters. The molecule has 0 aliphatic carbocycles. The van der Waals surface area contributed by atoms with Crippen LogP contribution in [-0.2, 0) is 6.54 Å². The average molecular weight is 412 g/mol. The number of aromatic nitrogens is 3. The Kier molecular flexibility index (Phi) is 5.84. The minimum absolute atomic E-state index is 0.534. The molecule has 1 amide bonds. The van der Waals surface area contributed by atoms with E-state index in [0.717, 1.165) is 28.5 Å². The summed E-state index contributed by atoms with van der Waals surface area (Å²) in [7, 11) is 0. The maximum atomic E-state index is 11.2. The third-order valence-corrected chi connectivity index (χ3v) is 4.76. The van der Waals surface area contributed by atoms with Crippen LogP contribution in [0.3, 0.4) is 0 Å². The molecule has 1 heterocycles. The molecule has 0 radical (unpaired) electrons. The van der Waals surface area contributed by atoms with E-state index in [-0.39, 0.29) is 0 Å². The third kappa shape index (κ3) is 4.84. The number of allylic oxidation sites excluding steroid dienone is 1. The second-order valence-corrected chi connectivity index (χ2v) is 6.95. The van der Waals surface area contributed by atoms with Gasteiger partial charge in [0, 0.05) is 11.1 Å². The highest BCUT2D eigenvalue weighted by molar-refractivity contribution is 5.91. The maximum absolute atomic E-state index is 11.2. The van der Waals surface area contributed by atoms with Crippen LogP contribution in [0.25, 0.3) is 28.2 Å². The number of aldehydes is 1. The first kappa shape index (κ1) is 20.0. The zero-order valence-corrected chi connectivity index (χ0v) is 16.6. The number of carbonyl (C=O) groups is 2. The van der Waals surface area contributed by atoms with E-state index in [1.54, 1.807) is 23.0 Å². The van der Waals surface area contributed by atoms with Gasteiger partial charge in [0.15, 0.2) is 0 Å². The number of hydrogen-bond acceptors (Lipinski definition) is 4. The highest BCUT2D eigenvalue weighted by atomic mass is 16.4. The first-order valence-corrected chi connectivity index (χ1v) is 9.78. The highest BCUT2D eigenvalue weighted by Crippen LogP contribution is 2.29. The average Bonchev–Trinajstić information content (AvgIpc) is 3.19. The molecule has 3 aromatic carbocycles. The first-order valence-electron chi connectivity index (χ1n) is 9.78. The lowest BCUT2D eigenvalue weighted by atomic mass is 10.0. The molecule has 4 rings (SSSR count). The van der Waals surface area contributed by atoms with Crippen molar-refractivity contribution in [3.63, 3.8) is 0 Å². The molecule has 0 bridgehead atoms. The summed E-state index contributed by atoms with van der Waals surface area (Å²) in [5, 5.41) is 20.5. The molecule has 7 heteroatoms. The van der Waals surface area contributed by atoms with Crippen LogP contribution in [0.15, 0.2) is 72.8 Å². The van der Waals surface area contributed by atoms with E-state index in [1.165, 1.54) is 0 Å². The number of hydrogen-bond donors (Lipinski definition) is 2. The van der Waals surface area contributed by atoms with Crippen LogP contribution in [0.4, 0.5) is 10.5 Å². The van der Waals surface area contributed by atoms with E-state index >= 15 is 0 Å². The standard InChI is InChI=1S/C24H20N4O3/c29-16-18-10-12-21-23(15-18)27-28(26-21)13-5-4-6-17-9-11-20(19-7-2-1-3-8-19)22(14-17)25-24(30)31/h1-4,6-12,14-16,25H,5,13H2,(H,30,31). The lowest BCUT2D eigenvalue weighted by Gasteiger charge is -2.10. The van der Waals surface area contributed by atoms with Crippen molar-refractivity contribution in [2.24, 2.45) is 0 Å². The monoisotopic (exact) mass is 412 g/mol. The van der Waals surface area contributed by atoms with Gasteiger partial charge in [0.05, 0.1) is 12.2 Å². The van der Waals surface area contributed by atoms with E-state index in [9.17, 15) is 14.7 Å². The summed E-state index contributed by atoms with van der Waals surface area (Å²) in [4.78, 5) is 23.7. The molecule has 31 heavy (non-hydrogen) atoms. The Morgan fingerprint density at radius 1 is 0.968 bits per heavy atom. The van der Waals surface area contributed by atoms with Gasteiger partial charge in [-0.2, -0.15) is 15.0 Å². The molecule has 154 valence electrons. The molecule has 0 fully saturated rings. The Balaban J connectivity index is 1.47. The number of carbonyl (C=O) groups excluding carboxylic acids is 1. The smallest absolute Gasteiger partial charge is 0.409 e. The lowest BCUT2D eigenvalue weighted by Crippen LogP contribution is -2.08. The van der Waals surface area contributed by atoms with Gasteiger partial charge in [-0.05, 0) is 41.8 Å². The molecule has 4 aromatic rings. The molecule has 0 saturated heterocycles. The number of nitrogens with zero attached hydrogens (tertiary/aromatic N) is 3. The molecule has 0 saturated carbocycles. The molecule has 2 N–H and O–H groups in total. The quantitative estimate of drug-likeness (QED) is 0.411. The van der Waals surface area contributed by atoms with Crippen molar-refractivity contribution in [3.8, 4) is 11.1 Å². The van der Waals surface area contributed by atoms with Crippen LogP contribution in [0.1, 0.15) is 22.3 Å². The first-order chi connectivity index (χ1) is 15.1. The van der Waals surface area contributed by atoms with Crippen LogP contribution in [0, 0.1) is 0 Å². The summed E-state index contributed by atoms with van der Waals surface area (Å²) in [6.45, 7) is 0.587. The summed E-state index contributed by atoms with van der Waals surface area (Å²) in [5.74, 6) is 0. The number of amides is 1. The highest BCUT2D eigenvalue weighted by Gasteiger charge is 2.08. The molecular formula is C24H20N4O3. The predicted octanol–water partition coefficient (Wildman–Crippen LogP) is 5.10. The minimum atomic E-state index is -1.10. The van der Waals surface area contributed by atoms with Crippen molar-refractivity contribution < 1.29 is 14.7 Å². The molecule has 7 nitrogen and oxygen atoms in total. The topological polar surface area (TPSA) is 97.1 Å². The molecule has 0 aliphatic rings. The van der Waals surface area contributed by atoms with Gasteiger partial charge in [0.25, 0.3) is 0 Å². The Labute approximate surface area is 178 Å². The second-order valence-electron chi connectivity index (χ2n) is 6.95. The van der Waals surface area contributed by atoms with Crippen molar-refractivity contribution >= 4 is 35.2 Å². The minimum Gasteiger partial charge on any atom is -0.465 e. The summed E-state index contributed by atoms with van der Waals surface area (Å²) in [6.07, 6.45) is 4.32. The fourth-order valence-electron chi connectivity index (χ4n) is 3.31. The fourth-order valence-corrected chi connectivity index (χ4v) is 3.31. The molecular weight excluding hydrogens is 392 g/mol. The van der Waals surface area contributed by atoms with E-state index in [0.29, 0.717) is 29.7 Å². The largest absolute Gasteiger partial charge is 0.465 e. The number of rotatable bonds is 7. The lowest BCUT2D eigenvalue weighted by molar-refractivity contribution is 0.112. The van der Waals surface area contributed by atoms with Crippen molar-refractivity contribution in [1.29, 1.82) is 0 Å². The number of nitrogens with one attached hydrogen (secondary N) is 1. The number of carboxylic acid groups (broad SMARTS) is 1. The van der Waals surface area contributed by atoms with Gasteiger partial charge >= 0.3 is 6.09 Å². The normalized spacial score (nSPS) is 11.1. The van der Waals surface area contributed by atoms with Gasteiger partial charge < -0.3 is 5.11 Å². The van der Waals surface area contributed by atoms with Gasteiger partial charge in [0.1, 0.15) is 17.3 Å². The van der Waals surface area contributed by atoms with E-state index in [2.05, 4.69) is 15.5 Å². The number of aryl methyl sites for hydroxylation is 1. The zero-order chi connectivity index (χ0) is 21.6. The Bertz CT molecular complexity index is 1260. The zero-order valence-electron chi connectivity index (χ0n) is 16.6. The Morgan fingerprint density at radius 3 is 2.52 bits per heavy atom.